The molecule has 0 aliphatic carbocycles. The quantitative estimate of drug-likeness (QED) is 0.410. The SMILES string of the molecule is COCCN1C(=O)/C(=C/c2cc(Br)ccc2OCc2ccccc2F)SC1=S. The molecule has 0 radical (unpaired) electrons. The number of hydrogen-bond acceptors (Lipinski definition) is 5. The van der Waals surface area contributed by atoms with Crippen LogP contribution in [-0.4, -0.2) is 35.4 Å². The van der Waals surface area contributed by atoms with Crippen molar-refractivity contribution in [2.45, 2.75) is 6.61 Å². The van der Waals surface area contributed by atoms with E-state index in [4.69, 9.17) is 21.7 Å². The Morgan fingerprint density at radius 3 is 2.82 bits per heavy atom. The predicted molar refractivity (Wildman–Crippen MR) is 117 cm³/mol. The number of thiocarbonyl (C=S) groups is 1. The maximum Gasteiger partial charge on any atom is 0.266 e. The van der Waals surface area contributed by atoms with E-state index in [1.54, 1.807) is 37.5 Å². The first kappa shape index (κ1) is 21.0. The first-order chi connectivity index (χ1) is 13.5. The lowest BCUT2D eigenvalue weighted by molar-refractivity contribution is -0.122. The molecule has 1 fully saturated rings. The number of hydrogen-bond donors (Lipinski definition) is 0. The number of nitrogens with zero attached hydrogens (tertiary/aromatic N) is 1. The Bertz CT molecular complexity index is 935. The van der Waals surface area contributed by atoms with Gasteiger partial charge in [-0.25, -0.2) is 4.39 Å². The van der Waals surface area contributed by atoms with Crippen molar-refractivity contribution in [2.24, 2.45) is 0 Å². The van der Waals surface area contributed by atoms with Gasteiger partial charge in [-0.3, -0.25) is 9.69 Å². The normalized spacial score (nSPS) is 15.5. The van der Waals surface area contributed by atoms with E-state index in [-0.39, 0.29) is 18.3 Å². The number of carbonyl (C=O) groups excluding carboxylic acids is 1. The molecule has 2 aromatic rings. The van der Waals surface area contributed by atoms with Crippen molar-refractivity contribution >= 4 is 56.2 Å². The van der Waals surface area contributed by atoms with Crippen LogP contribution in [0, 0.1) is 5.82 Å². The molecule has 1 aliphatic rings. The number of benzene rings is 2. The van der Waals surface area contributed by atoms with Gasteiger partial charge >= 0.3 is 0 Å². The molecule has 0 aromatic heterocycles. The molecule has 0 unspecified atom stereocenters. The zero-order chi connectivity index (χ0) is 20.1. The summed E-state index contributed by atoms with van der Waals surface area (Å²) < 4.78 is 26.0. The van der Waals surface area contributed by atoms with Crippen molar-refractivity contribution in [1.82, 2.24) is 4.90 Å². The highest BCUT2D eigenvalue weighted by Crippen LogP contribution is 2.35. The summed E-state index contributed by atoms with van der Waals surface area (Å²) >= 11 is 9.98. The van der Waals surface area contributed by atoms with E-state index >= 15 is 0 Å². The number of amides is 1. The average Bonchev–Trinajstić information content (AvgIpc) is 2.93. The smallest absolute Gasteiger partial charge is 0.266 e. The average molecular weight is 482 g/mol. The lowest BCUT2D eigenvalue weighted by atomic mass is 10.1. The van der Waals surface area contributed by atoms with Crippen molar-refractivity contribution in [2.75, 3.05) is 20.3 Å². The van der Waals surface area contributed by atoms with Crippen molar-refractivity contribution in [3.63, 3.8) is 0 Å². The molecule has 0 bridgehead atoms. The summed E-state index contributed by atoms with van der Waals surface area (Å²) in [5.74, 6) is 0.0702. The largest absolute Gasteiger partial charge is 0.488 e. The van der Waals surface area contributed by atoms with Gasteiger partial charge in [0.2, 0.25) is 0 Å². The zero-order valence-electron chi connectivity index (χ0n) is 15.0. The molecule has 1 saturated heterocycles. The number of methoxy groups -OCH3 is 1. The van der Waals surface area contributed by atoms with Crippen molar-refractivity contribution in [3.8, 4) is 5.75 Å². The maximum atomic E-state index is 13.8. The second-order valence-electron chi connectivity index (χ2n) is 5.89. The van der Waals surface area contributed by atoms with Gasteiger partial charge in [-0.2, -0.15) is 0 Å². The number of thioether (sulfide) groups is 1. The Balaban J connectivity index is 1.83. The zero-order valence-corrected chi connectivity index (χ0v) is 18.2. The molecule has 4 nitrogen and oxygen atoms in total. The van der Waals surface area contributed by atoms with Crippen LogP contribution in [0.4, 0.5) is 4.39 Å². The molecule has 0 spiro atoms. The van der Waals surface area contributed by atoms with Gasteiger partial charge in [0.1, 0.15) is 22.5 Å². The van der Waals surface area contributed by atoms with Crippen molar-refractivity contribution < 1.29 is 18.7 Å². The lowest BCUT2D eigenvalue weighted by Gasteiger charge is -2.13. The molecule has 0 saturated carbocycles. The Morgan fingerprint density at radius 2 is 2.07 bits per heavy atom. The molecule has 8 heteroatoms. The van der Waals surface area contributed by atoms with Crippen LogP contribution in [0.1, 0.15) is 11.1 Å². The van der Waals surface area contributed by atoms with Gasteiger partial charge in [0.25, 0.3) is 5.91 Å². The van der Waals surface area contributed by atoms with Gasteiger partial charge in [-0.05, 0) is 30.3 Å². The van der Waals surface area contributed by atoms with Crippen LogP contribution in [0.25, 0.3) is 6.08 Å². The minimum atomic E-state index is -0.319. The molecule has 2 aromatic carbocycles. The Kier molecular flexibility index (Phi) is 7.23. The molecule has 1 heterocycles. The molecular formula is C20H17BrFNO3S2. The minimum Gasteiger partial charge on any atom is -0.488 e. The fraction of sp³-hybridized carbons (Fsp3) is 0.200. The molecule has 146 valence electrons. The van der Waals surface area contributed by atoms with Crippen LogP contribution < -0.4 is 4.74 Å². The molecule has 1 aliphatic heterocycles. The highest BCUT2D eigenvalue weighted by Gasteiger charge is 2.31. The van der Waals surface area contributed by atoms with Crippen LogP contribution in [0.3, 0.4) is 0 Å². The van der Waals surface area contributed by atoms with Crippen molar-refractivity contribution in [1.29, 1.82) is 0 Å². The number of halogens is 2. The third kappa shape index (κ3) is 5.00. The van der Waals surface area contributed by atoms with E-state index in [1.807, 2.05) is 12.1 Å². The van der Waals surface area contributed by atoms with E-state index < -0.39 is 0 Å². The lowest BCUT2D eigenvalue weighted by Crippen LogP contribution is -2.31. The fourth-order valence-electron chi connectivity index (χ4n) is 2.55. The monoisotopic (exact) mass is 481 g/mol. The summed E-state index contributed by atoms with van der Waals surface area (Å²) in [5.41, 5.74) is 1.17. The first-order valence-corrected chi connectivity index (χ1v) is 10.4. The summed E-state index contributed by atoms with van der Waals surface area (Å²) in [6.07, 6.45) is 1.74. The van der Waals surface area contributed by atoms with Crippen LogP contribution in [-0.2, 0) is 16.1 Å². The van der Waals surface area contributed by atoms with E-state index in [1.165, 1.54) is 22.7 Å². The first-order valence-electron chi connectivity index (χ1n) is 8.39. The third-order valence-electron chi connectivity index (χ3n) is 3.99. The van der Waals surface area contributed by atoms with Crippen LogP contribution >= 0.6 is 39.9 Å². The van der Waals surface area contributed by atoms with Gasteiger partial charge in [-0.1, -0.05) is 58.1 Å². The Hall–Kier alpha value is -1.74. The Morgan fingerprint density at radius 1 is 1.29 bits per heavy atom. The number of carbonyl (C=O) groups is 1. The number of rotatable bonds is 7. The minimum absolute atomic E-state index is 0.0872. The summed E-state index contributed by atoms with van der Waals surface area (Å²) in [6.45, 7) is 0.908. The Labute approximate surface area is 180 Å². The van der Waals surface area contributed by atoms with E-state index in [2.05, 4.69) is 15.9 Å². The molecule has 0 N–H and O–H groups in total. The van der Waals surface area contributed by atoms with E-state index in [9.17, 15) is 9.18 Å². The topological polar surface area (TPSA) is 38.8 Å². The molecular weight excluding hydrogens is 465 g/mol. The third-order valence-corrected chi connectivity index (χ3v) is 5.86. The van der Waals surface area contributed by atoms with Crippen LogP contribution in [0.15, 0.2) is 51.8 Å². The van der Waals surface area contributed by atoms with Crippen LogP contribution in [0.5, 0.6) is 5.75 Å². The van der Waals surface area contributed by atoms with Crippen molar-refractivity contribution in [3.05, 3.63) is 68.8 Å². The van der Waals surface area contributed by atoms with Gasteiger partial charge in [0.15, 0.2) is 0 Å². The molecule has 28 heavy (non-hydrogen) atoms. The second kappa shape index (κ2) is 9.65. The summed E-state index contributed by atoms with van der Waals surface area (Å²) in [4.78, 5) is 14.7. The van der Waals surface area contributed by atoms with Crippen LogP contribution in [0.2, 0.25) is 0 Å². The van der Waals surface area contributed by atoms with E-state index in [0.717, 1.165) is 4.47 Å². The van der Waals surface area contributed by atoms with Gasteiger partial charge in [0.05, 0.1) is 18.1 Å². The summed E-state index contributed by atoms with van der Waals surface area (Å²) in [5, 5.41) is 0. The highest BCUT2D eigenvalue weighted by atomic mass is 79.9. The maximum absolute atomic E-state index is 13.8. The highest BCUT2D eigenvalue weighted by molar-refractivity contribution is 9.10. The standard InChI is InChI=1S/C20H17BrFNO3S2/c1-25-9-8-23-19(24)18(28-20(23)27)11-14-10-15(21)6-7-17(14)26-12-13-4-2-3-5-16(13)22/h2-7,10-11H,8-9,12H2,1H3/b18-11-. The molecule has 1 amide bonds. The van der Waals surface area contributed by atoms with E-state index in [0.29, 0.717) is 39.3 Å². The van der Waals surface area contributed by atoms with Gasteiger partial charge in [-0.15, -0.1) is 0 Å². The predicted octanol–water partition coefficient (Wildman–Crippen LogP) is 5.01. The summed E-state index contributed by atoms with van der Waals surface area (Å²) in [7, 11) is 1.58. The second-order valence-corrected chi connectivity index (χ2v) is 8.48. The molecule has 3 rings (SSSR count). The van der Waals surface area contributed by atoms with Gasteiger partial charge < -0.3 is 9.47 Å². The summed E-state index contributed by atoms with van der Waals surface area (Å²) in [6, 6.07) is 11.9. The van der Waals surface area contributed by atoms with Gasteiger partial charge in [0, 0.05) is 22.7 Å². The fourth-order valence-corrected chi connectivity index (χ4v) is 4.23. The molecule has 0 atom stereocenters. The number of ether oxygens (including phenoxy) is 2.